The summed E-state index contributed by atoms with van der Waals surface area (Å²) in [5.41, 5.74) is 0.327. The van der Waals surface area contributed by atoms with E-state index in [0.29, 0.717) is 6.04 Å². The van der Waals surface area contributed by atoms with Crippen LogP contribution >= 0.6 is 0 Å². The fourth-order valence-electron chi connectivity index (χ4n) is 4.81. The molecule has 1 N–H and O–H groups in total. The molecule has 3 fully saturated rings. The first-order chi connectivity index (χ1) is 9.24. The molecule has 19 heavy (non-hydrogen) atoms. The van der Waals surface area contributed by atoms with Crippen LogP contribution in [0.15, 0.2) is 0 Å². The summed E-state index contributed by atoms with van der Waals surface area (Å²) in [4.78, 5) is 0. The molecular weight excluding hydrogens is 238 g/mol. The van der Waals surface area contributed by atoms with E-state index in [1.54, 1.807) is 0 Å². The van der Waals surface area contributed by atoms with E-state index in [1.165, 1.54) is 57.8 Å². The molecule has 1 spiro atoms. The van der Waals surface area contributed by atoms with E-state index in [0.717, 1.165) is 12.5 Å². The molecule has 0 aromatic rings. The Bertz CT molecular complexity index is 308. The number of hydrogen-bond acceptors (Lipinski definition) is 3. The maximum Gasteiger partial charge on any atom is 0.0833 e. The Hall–Kier alpha value is -0.120. The van der Waals surface area contributed by atoms with Gasteiger partial charge in [0.15, 0.2) is 0 Å². The summed E-state index contributed by atoms with van der Waals surface area (Å²) in [6.07, 6.45) is 11.4. The first-order valence-corrected chi connectivity index (χ1v) is 8.10. The van der Waals surface area contributed by atoms with Crippen LogP contribution in [0.1, 0.15) is 57.8 Å². The van der Waals surface area contributed by atoms with Crippen LogP contribution in [-0.2, 0) is 9.47 Å². The lowest BCUT2D eigenvalue weighted by atomic mass is 9.68. The highest BCUT2D eigenvalue weighted by Crippen LogP contribution is 2.48. The largest absolute Gasteiger partial charge is 0.377 e. The molecule has 3 nitrogen and oxygen atoms in total. The van der Waals surface area contributed by atoms with Crippen molar-refractivity contribution in [1.82, 2.24) is 5.32 Å². The third-order valence-corrected chi connectivity index (χ3v) is 6.00. The minimum atomic E-state index is 0.0850. The minimum Gasteiger partial charge on any atom is -0.377 e. The molecule has 3 heteroatoms. The molecule has 3 aliphatic rings. The Labute approximate surface area is 117 Å². The van der Waals surface area contributed by atoms with E-state index in [9.17, 15) is 0 Å². The summed E-state index contributed by atoms with van der Waals surface area (Å²) >= 11 is 0. The standard InChI is InChI=1S/C16H29NO2/c1-17-14(16(18-2)9-3-4-10-16)13-6-11-19-15(12-13)7-5-8-15/h13-14,17H,3-12H2,1-2H3. The number of rotatable bonds is 4. The second kappa shape index (κ2) is 5.34. The molecule has 2 aliphatic carbocycles. The van der Waals surface area contributed by atoms with Gasteiger partial charge in [0.05, 0.1) is 11.2 Å². The van der Waals surface area contributed by atoms with Gasteiger partial charge in [0.25, 0.3) is 0 Å². The van der Waals surface area contributed by atoms with Crippen molar-refractivity contribution in [2.75, 3.05) is 20.8 Å². The van der Waals surface area contributed by atoms with Crippen molar-refractivity contribution in [2.45, 2.75) is 75.0 Å². The second-order valence-corrected chi connectivity index (χ2v) is 6.88. The first kappa shape index (κ1) is 13.8. The highest BCUT2D eigenvalue weighted by atomic mass is 16.5. The van der Waals surface area contributed by atoms with Crippen molar-refractivity contribution in [3.8, 4) is 0 Å². The smallest absolute Gasteiger partial charge is 0.0833 e. The molecule has 0 aromatic heterocycles. The Morgan fingerprint density at radius 2 is 1.89 bits per heavy atom. The Morgan fingerprint density at radius 3 is 2.42 bits per heavy atom. The molecule has 2 saturated carbocycles. The van der Waals surface area contributed by atoms with Crippen LogP contribution in [0.5, 0.6) is 0 Å². The van der Waals surface area contributed by atoms with Crippen LogP contribution < -0.4 is 5.32 Å². The van der Waals surface area contributed by atoms with Gasteiger partial charge in [-0.1, -0.05) is 12.8 Å². The molecule has 0 radical (unpaired) electrons. The monoisotopic (exact) mass is 267 g/mol. The van der Waals surface area contributed by atoms with E-state index in [-0.39, 0.29) is 11.2 Å². The Balaban J connectivity index is 1.74. The topological polar surface area (TPSA) is 30.5 Å². The van der Waals surface area contributed by atoms with Gasteiger partial charge in [0, 0.05) is 19.8 Å². The number of ether oxygens (including phenoxy) is 2. The van der Waals surface area contributed by atoms with Crippen molar-refractivity contribution in [3.05, 3.63) is 0 Å². The summed E-state index contributed by atoms with van der Waals surface area (Å²) < 4.78 is 12.1. The summed E-state index contributed by atoms with van der Waals surface area (Å²) in [7, 11) is 4.03. The van der Waals surface area contributed by atoms with Gasteiger partial charge in [-0.3, -0.25) is 0 Å². The zero-order valence-corrected chi connectivity index (χ0v) is 12.5. The normalized spacial score (nSPS) is 34.1. The third kappa shape index (κ3) is 2.34. The van der Waals surface area contributed by atoms with Crippen LogP contribution in [0.4, 0.5) is 0 Å². The third-order valence-electron chi connectivity index (χ3n) is 6.00. The lowest BCUT2D eigenvalue weighted by Crippen LogP contribution is -2.57. The van der Waals surface area contributed by atoms with E-state index in [1.807, 2.05) is 7.11 Å². The van der Waals surface area contributed by atoms with Crippen molar-refractivity contribution >= 4 is 0 Å². The van der Waals surface area contributed by atoms with Gasteiger partial charge in [-0.2, -0.15) is 0 Å². The Morgan fingerprint density at radius 1 is 1.16 bits per heavy atom. The minimum absolute atomic E-state index is 0.0850. The highest BCUT2D eigenvalue weighted by Gasteiger charge is 2.50. The molecular formula is C16H29NO2. The maximum atomic E-state index is 6.09. The number of nitrogens with one attached hydrogen (secondary N) is 1. The lowest BCUT2D eigenvalue weighted by Gasteiger charge is -2.51. The predicted octanol–water partition coefficient (Wildman–Crippen LogP) is 2.88. The molecule has 3 rings (SSSR count). The molecule has 110 valence electrons. The quantitative estimate of drug-likeness (QED) is 0.849. The van der Waals surface area contributed by atoms with Gasteiger partial charge in [-0.25, -0.2) is 0 Å². The lowest BCUT2D eigenvalue weighted by molar-refractivity contribution is -0.159. The maximum absolute atomic E-state index is 6.09. The van der Waals surface area contributed by atoms with Crippen molar-refractivity contribution in [2.24, 2.45) is 5.92 Å². The summed E-state index contributed by atoms with van der Waals surface area (Å²) in [6.45, 7) is 0.947. The number of methoxy groups -OCH3 is 1. The SMILES string of the molecule is CNC(C1CCOC2(CCC2)C1)C1(OC)CCCC1. The van der Waals surface area contributed by atoms with E-state index in [2.05, 4.69) is 12.4 Å². The van der Waals surface area contributed by atoms with Crippen molar-refractivity contribution in [1.29, 1.82) is 0 Å². The average molecular weight is 267 g/mol. The zero-order chi connectivity index (χ0) is 13.3. The molecule has 0 bridgehead atoms. The molecule has 2 unspecified atom stereocenters. The van der Waals surface area contributed by atoms with Crippen LogP contribution in [-0.4, -0.2) is 38.0 Å². The molecule has 1 aliphatic heterocycles. The predicted molar refractivity (Wildman–Crippen MR) is 76.3 cm³/mol. The molecule has 0 aromatic carbocycles. The van der Waals surface area contributed by atoms with E-state index >= 15 is 0 Å². The van der Waals surface area contributed by atoms with Gasteiger partial charge in [0.1, 0.15) is 0 Å². The second-order valence-electron chi connectivity index (χ2n) is 6.88. The van der Waals surface area contributed by atoms with Gasteiger partial charge >= 0.3 is 0 Å². The van der Waals surface area contributed by atoms with Gasteiger partial charge < -0.3 is 14.8 Å². The zero-order valence-electron chi connectivity index (χ0n) is 12.5. The van der Waals surface area contributed by atoms with Gasteiger partial charge in [-0.05, 0) is 57.9 Å². The highest BCUT2D eigenvalue weighted by molar-refractivity contribution is 5.04. The fourth-order valence-corrected chi connectivity index (χ4v) is 4.81. The van der Waals surface area contributed by atoms with Crippen LogP contribution in [0, 0.1) is 5.92 Å². The van der Waals surface area contributed by atoms with Gasteiger partial charge in [-0.15, -0.1) is 0 Å². The summed E-state index contributed by atoms with van der Waals surface area (Å²) in [5.74, 6) is 0.720. The average Bonchev–Trinajstić information content (AvgIpc) is 2.88. The summed E-state index contributed by atoms with van der Waals surface area (Å²) in [6, 6.07) is 0.501. The van der Waals surface area contributed by atoms with Crippen LogP contribution in [0.25, 0.3) is 0 Å². The van der Waals surface area contributed by atoms with Crippen LogP contribution in [0.3, 0.4) is 0 Å². The molecule has 0 amide bonds. The summed E-state index contributed by atoms with van der Waals surface area (Å²) in [5, 5.41) is 3.61. The van der Waals surface area contributed by atoms with Crippen molar-refractivity contribution in [3.63, 3.8) is 0 Å². The molecule has 1 saturated heterocycles. The number of likely N-dealkylation sites (N-methyl/N-ethyl adjacent to an activating group) is 1. The first-order valence-electron chi connectivity index (χ1n) is 8.10. The fraction of sp³-hybridized carbons (Fsp3) is 1.00. The molecule has 2 atom stereocenters. The van der Waals surface area contributed by atoms with Gasteiger partial charge in [0.2, 0.25) is 0 Å². The van der Waals surface area contributed by atoms with Crippen molar-refractivity contribution < 1.29 is 9.47 Å². The number of hydrogen-bond donors (Lipinski definition) is 1. The van der Waals surface area contributed by atoms with E-state index in [4.69, 9.17) is 9.47 Å². The van der Waals surface area contributed by atoms with E-state index < -0.39 is 0 Å². The Kier molecular flexibility index (Phi) is 3.89. The van der Waals surface area contributed by atoms with Crippen LogP contribution in [0.2, 0.25) is 0 Å². The molecule has 1 heterocycles.